The third-order valence-corrected chi connectivity index (χ3v) is 5.47. The van der Waals surface area contributed by atoms with E-state index in [2.05, 4.69) is 21.1 Å². The van der Waals surface area contributed by atoms with Crippen molar-refractivity contribution in [3.8, 4) is 11.8 Å². The number of rotatable bonds is 3. The van der Waals surface area contributed by atoms with Crippen molar-refractivity contribution in [2.24, 2.45) is 0 Å². The molecule has 1 saturated heterocycles. The summed E-state index contributed by atoms with van der Waals surface area (Å²) in [6.45, 7) is 2.45. The predicted molar refractivity (Wildman–Crippen MR) is 109 cm³/mol. The molecule has 1 fully saturated rings. The molecule has 8 heteroatoms. The number of carbonyl (C=O) groups is 1. The Labute approximate surface area is 167 Å². The highest BCUT2D eigenvalue weighted by molar-refractivity contribution is 6.09. The third-order valence-electron chi connectivity index (χ3n) is 5.47. The minimum absolute atomic E-state index is 0.137. The number of hydrogen-bond acceptors (Lipinski definition) is 6. The van der Waals surface area contributed by atoms with E-state index in [1.54, 1.807) is 40.2 Å². The molecule has 1 amide bonds. The zero-order valence-corrected chi connectivity index (χ0v) is 15.7. The Balaban J connectivity index is 1.39. The van der Waals surface area contributed by atoms with Crippen molar-refractivity contribution in [3.63, 3.8) is 0 Å². The maximum absolute atomic E-state index is 12.9. The van der Waals surface area contributed by atoms with E-state index >= 15 is 0 Å². The summed E-state index contributed by atoms with van der Waals surface area (Å²) in [6.07, 6.45) is 5.94. The van der Waals surface area contributed by atoms with Gasteiger partial charge in [0.15, 0.2) is 0 Å². The molecule has 2 aliphatic heterocycles. The fraction of sp³-hybridized carbons (Fsp3) is 0.238. The highest BCUT2D eigenvalue weighted by Gasteiger charge is 2.32. The topological polar surface area (TPSA) is 104 Å². The molecule has 1 aromatic carbocycles. The Bertz CT molecular complexity index is 1140. The van der Waals surface area contributed by atoms with E-state index < -0.39 is 0 Å². The first-order valence-electron chi connectivity index (χ1n) is 9.55. The molecule has 4 heterocycles. The van der Waals surface area contributed by atoms with E-state index in [4.69, 9.17) is 5.73 Å². The monoisotopic (exact) mass is 385 g/mol. The number of nitrogens with two attached hydrogens (primary N) is 1. The van der Waals surface area contributed by atoms with Gasteiger partial charge in [-0.05, 0) is 43.2 Å². The minimum atomic E-state index is -0.137. The fourth-order valence-electron chi connectivity index (χ4n) is 3.87. The van der Waals surface area contributed by atoms with Crippen molar-refractivity contribution < 1.29 is 4.79 Å². The zero-order valence-electron chi connectivity index (χ0n) is 15.7. The molecule has 3 aromatic rings. The molecular weight excluding hydrogens is 366 g/mol. The van der Waals surface area contributed by atoms with Crippen LogP contribution < -0.4 is 15.5 Å². The maximum Gasteiger partial charge on any atom is 0.262 e. The number of benzene rings is 1. The minimum Gasteiger partial charge on any atom is -0.398 e. The van der Waals surface area contributed by atoms with Crippen LogP contribution in [0.4, 0.5) is 17.2 Å². The highest BCUT2D eigenvalue weighted by atomic mass is 16.2. The number of nitrogen functional groups attached to an aromatic ring is 1. The number of pyridine rings is 1. The quantitative estimate of drug-likeness (QED) is 0.695. The average molecular weight is 385 g/mol. The molecule has 0 bridgehead atoms. The Kier molecular flexibility index (Phi) is 3.95. The number of nitrogens with zero attached hydrogens (tertiary/aromatic N) is 6. The summed E-state index contributed by atoms with van der Waals surface area (Å²) in [7, 11) is 0. The lowest BCUT2D eigenvalue weighted by atomic mass is 10.1. The molecule has 0 spiro atoms. The van der Waals surface area contributed by atoms with Crippen molar-refractivity contribution in [2.45, 2.75) is 19.4 Å². The van der Waals surface area contributed by atoms with Crippen LogP contribution >= 0.6 is 0 Å². The molecule has 0 saturated carbocycles. The van der Waals surface area contributed by atoms with Crippen LogP contribution in [0, 0.1) is 11.3 Å². The summed E-state index contributed by atoms with van der Waals surface area (Å²) in [5.41, 5.74) is 9.26. The van der Waals surface area contributed by atoms with E-state index in [-0.39, 0.29) is 5.91 Å². The largest absolute Gasteiger partial charge is 0.398 e. The van der Waals surface area contributed by atoms with E-state index in [9.17, 15) is 10.1 Å². The molecule has 144 valence electrons. The lowest BCUT2D eigenvalue weighted by Crippen LogP contribution is -2.24. The molecule has 0 atom stereocenters. The Morgan fingerprint density at radius 1 is 1.10 bits per heavy atom. The standard InChI is InChI=1S/C21H19N7O/c22-10-14-9-15(3-5-18(14)23)27-13-19-17(21(27)29)12-28(25-19)16-4-6-20(24-11-16)26-7-1-2-8-26/h3-6,9,11-12H,1-2,7-8,13,23H2. The molecule has 29 heavy (non-hydrogen) atoms. The number of nitriles is 1. The van der Waals surface area contributed by atoms with E-state index in [0.717, 1.165) is 24.6 Å². The van der Waals surface area contributed by atoms with Gasteiger partial charge in [0, 0.05) is 30.7 Å². The van der Waals surface area contributed by atoms with Crippen molar-refractivity contribution >= 4 is 23.1 Å². The Hall–Kier alpha value is -3.86. The van der Waals surface area contributed by atoms with Gasteiger partial charge in [-0.1, -0.05) is 0 Å². The van der Waals surface area contributed by atoms with Crippen LogP contribution in [0.25, 0.3) is 5.69 Å². The van der Waals surface area contributed by atoms with Gasteiger partial charge in [0.1, 0.15) is 11.9 Å². The smallest absolute Gasteiger partial charge is 0.262 e. The van der Waals surface area contributed by atoms with E-state index in [1.165, 1.54) is 12.8 Å². The van der Waals surface area contributed by atoms with Gasteiger partial charge in [0.05, 0.1) is 35.2 Å². The summed E-state index contributed by atoms with van der Waals surface area (Å²) >= 11 is 0. The maximum atomic E-state index is 12.9. The number of amides is 1. The van der Waals surface area contributed by atoms with Crippen molar-refractivity contribution in [2.75, 3.05) is 28.6 Å². The highest BCUT2D eigenvalue weighted by Crippen LogP contribution is 2.30. The van der Waals surface area contributed by atoms with E-state index in [1.807, 2.05) is 12.1 Å². The third kappa shape index (κ3) is 2.88. The SMILES string of the molecule is N#Cc1cc(N2Cc3nn(-c4ccc(N5CCCC5)nc4)cc3C2=O)ccc1N. The molecule has 2 N–H and O–H groups in total. The van der Waals surface area contributed by atoms with Crippen LogP contribution in [0.3, 0.4) is 0 Å². The number of aromatic nitrogens is 3. The van der Waals surface area contributed by atoms with Crippen LogP contribution in [0.2, 0.25) is 0 Å². The molecule has 2 aromatic heterocycles. The first-order valence-corrected chi connectivity index (χ1v) is 9.55. The van der Waals surface area contributed by atoms with Gasteiger partial charge < -0.3 is 15.5 Å². The second-order valence-electron chi connectivity index (χ2n) is 7.28. The second kappa shape index (κ2) is 6.63. The number of fused-ring (bicyclic) bond motifs is 1. The molecule has 2 aliphatic rings. The lowest BCUT2D eigenvalue weighted by Gasteiger charge is -2.17. The number of hydrogen-bond donors (Lipinski definition) is 1. The van der Waals surface area contributed by atoms with Gasteiger partial charge in [0.25, 0.3) is 5.91 Å². The molecular formula is C21H19N7O. The molecule has 0 aliphatic carbocycles. The van der Waals surface area contributed by atoms with Crippen LogP contribution in [0.1, 0.15) is 34.5 Å². The van der Waals surface area contributed by atoms with Gasteiger partial charge >= 0.3 is 0 Å². The van der Waals surface area contributed by atoms with Gasteiger partial charge in [-0.2, -0.15) is 10.4 Å². The average Bonchev–Trinajstić information content (AvgIpc) is 3.47. The van der Waals surface area contributed by atoms with Crippen LogP contribution in [0.5, 0.6) is 0 Å². The van der Waals surface area contributed by atoms with Crippen molar-refractivity contribution in [1.29, 1.82) is 5.26 Å². The van der Waals surface area contributed by atoms with Gasteiger partial charge in [-0.3, -0.25) is 4.79 Å². The summed E-state index contributed by atoms with van der Waals surface area (Å²) in [6, 6.07) is 11.0. The summed E-state index contributed by atoms with van der Waals surface area (Å²) in [4.78, 5) is 21.3. The van der Waals surface area contributed by atoms with Gasteiger partial charge in [-0.15, -0.1) is 0 Å². The first-order chi connectivity index (χ1) is 14.1. The lowest BCUT2D eigenvalue weighted by molar-refractivity contribution is 0.0996. The summed E-state index contributed by atoms with van der Waals surface area (Å²) in [5.74, 6) is 0.839. The van der Waals surface area contributed by atoms with E-state index in [0.29, 0.717) is 34.7 Å². The molecule has 5 rings (SSSR count). The summed E-state index contributed by atoms with van der Waals surface area (Å²) < 4.78 is 1.70. The number of carbonyl (C=O) groups excluding carboxylic acids is 1. The fourth-order valence-corrected chi connectivity index (χ4v) is 3.87. The van der Waals surface area contributed by atoms with Crippen molar-refractivity contribution in [1.82, 2.24) is 14.8 Å². The Morgan fingerprint density at radius 2 is 1.90 bits per heavy atom. The molecule has 0 radical (unpaired) electrons. The normalized spacial score (nSPS) is 15.6. The van der Waals surface area contributed by atoms with Gasteiger partial charge in [-0.25, -0.2) is 9.67 Å². The molecule has 0 unspecified atom stereocenters. The first kappa shape index (κ1) is 17.3. The van der Waals surface area contributed by atoms with Crippen molar-refractivity contribution in [3.05, 3.63) is 59.5 Å². The zero-order chi connectivity index (χ0) is 20.0. The summed E-state index contributed by atoms with van der Waals surface area (Å²) in [5, 5.41) is 13.8. The van der Waals surface area contributed by atoms with Crippen LogP contribution in [-0.2, 0) is 6.54 Å². The van der Waals surface area contributed by atoms with Crippen LogP contribution in [0.15, 0.2) is 42.7 Å². The molecule has 8 nitrogen and oxygen atoms in total. The van der Waals surface area contributed by atoms with Gasteiger partial charge in [0.2, 0.25) is 0 Å². The Morgan fingerprint density at radius 3 is 2.59 bits per heavy atom. The predicted octanol–water partition coefficient (Wildman–Crippen LogP) is 2.48. The number of anilines is 3. The second-order valence-corrected chi connectivity index (χ2v) is 7.28. The van der Waals surface area contributed by atoms with Crippen LogP contribution in [-0.4, -0.2) is 33.8 Å².